The molecule has 0 saturated carbocycles. The van der Waals surface area contributed by atoms with Crippen LogP contribution in [-0.2, 0) is 13.1 Å². The minimum Gasteiger partial charge on any atom is -0.333 e. The number of halogens is 2. The predicted octanol–water partition coefficient (Wildman–Crippen LogP) is 2.96. The maximum Gasteiger partial charge on any atom is 0.131 e. The van der Waals surface area contributed by atoms with Crippen LogP contribution in [0.15, 0.2) is 30.7 Å². The summed E-state index contributed by atoms with van der Waals surface area (Å²) >= 11 is 0. The molecule has 108 valence electrons. The quantitative estimate of drug-likeness (QED) is 0.881. The second kappa shape index (κ2) is 6.61. The van der Waals surface area contributed by atoms with Crippen molar-refractivity contribution < 1.29 is 8.78 Å². The van der Waals surface area contributed by atoms with Gasteiger partial charge in [-0.05, 0) is 18.5 Å². The number of rotatable bonds is 6. The summed E-state index contributed by atoms with van der Waals surface area (Å²) in [6.45, 7) is 6.26. The van der Waals surface area contributed by atoms with Gasteiger partial charge in [-0.1, -0.05) is 19.9 Å². The van der Waals surface area contributed by atoms with Crippen LogP contribution in [0.25, 0.3) is 0 Å². The molecule has 1 N–H and O–H groups in total. The summed E-state index contributed by atoms with van der Waals surface area (Å²) in [6, 6.07) is 3.62. The Morgan fingerprint density at radius 3 is 2.80 bits per heavy atom. The van der Waals surface area contributed by atoms with E-state index in [9.17, 15) is 8.78 Å². The highest BCUT2D eigenvalue weighted by atomic mass is 19.1. The van der Waals surface area contributed by atoms with E-state index in [0.717, 1.165) is 18.3 Å². The number of imidazole rings is 1. The van der Waals surface area contributed by atoms with E-state index in [1.165, 1.54) is 12.1 Å². The lowest BCUT2D eigenvalue weighted by Crippen LogP contribution is -2.19. The summed E-state index contributed by atoms with van der Waals surface area (Å²) < 4.78 is 28.2. The number of benzene rings is 1. The standard InChI is InChI=1S/C15H19F2N3/c1-11(2)6-18-7-14-9-20(10-19-14)8-12-3-4-13(16)5-15(12)17/h3-5,9-11,18H,6-8H2,1-2H3. The fourth-order valence-corrected chi connectivity index (χ4v) is 1.92. The molecular formula is C15H19F2N3. The van der Waals surface area contributed by atoms with E-state index in [0.29, 0.717) is 24.6 Å². The van der Waals surface area contributed by atoms with Gasteiger partial charge in [0.1, 0.15) is 11.6 Å². The lowest BCUT2D eigenvalue weighted by atomic mass is 10.2. The van der Waals surface area contributed by atoms with Crippen molar-refractivity contribution in [3.8, 4) is 0 Å². The summed E-state index contributed by atoms with van der Waals surface area (Å²) in [7, 11) is 0. The van der Waals surface area contributed by atoms with Crippen LogP contribution in [0, 0.1) is 17.6 Å². The van der Waals surface area contributed by atoms with Gasteiger partial charge in [0, 0.05) is 24.4 Å². The molecule has 3 nitrogen and oxygen atoms in total. The van der Waals surface area contributed by atoms with Crippen LogP contribution in [-0.4, -0.2) is 16.1 Å². The van der Waals surface area contributed by atoms with Gasteiger partial charge in [-0.3, -0.25) is 0 Å². The topological polar surface area (TPSA) is 29.9 Å². The molecule has 1 heterocycles. The van der Waals surface area contributed by atoms with Gasteiger partial charge in [0.25, 0.3) is 0 Å². The monoisotopic (exact) mass is 279 g/mol. The van der Waals surface area contributed by atoms with E-state index in [4.69, 9.17) is 0 Å². The van der Waals surface area contributed by atoms with Crippen LogP contribution in [0.2, 0.25) is 0 Å². The molecule has 0 atom stereocenters. The van der Waals surface area contributed by atoms with E-state index < -0.39 is 11.6 Å². The first-order valence-electron chi connectivity index (χ1n) is 6.70. The van der Waals surface area contributed by atoms with Crippen molar-refractivity contribution in [1.29, 1.82) is 0 Å². The lowest BCUT2D eigenvalue weighted by Gasteiger charge is -2.05. The largest absolute Gasteiger partial charge is 0.333 e. The fourth-order valence-electron chi connectivity index (χ4n) is 1.92. The third-order valence-corrected chi connectivity index (χ3v) is 2.91. The van der Waals surface area contributed by atoms with Crippen LogP contribution in [0.3, 0.4) is 0 Å². The number of nitrogens with one attached hydrogen (secondary N) is 1. The molecule has 0 bridgehead atoms. The van der Waals surface area contributed by atoms with Crippen molar-refractivity contribution in [2.24, 2.45) is 5.92 Å². The first kappa shape index (κ1) is 14.7. The van der Waals surface area contributed by atoms with Gasteiger partial charge in [0.2, 0.25) is 0 Å². The molecule has 0 amide bonds. The van der Waals surface area contributed by atoms with Crippen molar-refractivity contribution >= 4 is 0 Å². The first-order valence-corrected chi connectivity index (χ1v) is 6.70. The molecule has 2 aromatic rings. The second-order valence-electron chi connectivity index (χ2n) is 5.30. The van der Waals surface area contributed by atoms with Crippen molar-refractivity contribution in [3.05, 3.63) is 53.6 Å². The Kier molecular flexibility index (Phi) is 4.84. The molecule has 0 saturated heterocycles. The van der Waals surface area contributed by atoms with E-state index in [1.807, 2.05) is 6.20 Å². The zero-order valence-corrected chi connectivity index (χ0v) is 11.7. The van der Waals surface area contributed by atoms with Crippen molar-refractivity contribution in [1.82, 2.24) is 14.9 Å². The van der Waals surface area contributed by atoms with Gasteiger partial charge in [0.05, 0.1) is 18.6 Å². The molecule has 0 fully saturated rings. The molecule has 1 aromatic carbocycles. The molecule has 1 aromatic heterocycles. The highest BCUT2D eigenvalue weighted by molar-refractivity contribution is 5.19. The fraction of sp³-hybridized carbons (Fsp3) is 0.400. The number of hydrogen-bond donors (Lipinski definition) is 1. The summed E-state index contributed by atoms with van der Waals surface area (Å²) in [6.07, 6.45) is 3.53. The second-order valence-corrected chi connectivity index (χ2v) is 5.30. The number of hydrogen-bond acceptors (Lipinski definition) is 2. The smallest absolute Gasteiger partial charge is 0.131 e. The van der Waals surface area contributed by atoms with Gasteiger partial charge in [-0.15, -0.1) is 0 Å². The molecule has 0 aliphatic heterocycles. The maximum absolute atomic E-state index is 13.5. The van der Waals surface area contributed by atoms with E-state index in [2.05, 4.69) is 24.1 Å². The Hall–Kier alpha value is -1.75. The minimum atomic E-state index is -0.560. The summed E-state index contributed by atoms with van der Waals surface area (Å²) in [5.74, 6) is -0.501. The molecule has 0 spiro atoms. The zero-order chi connectivity index (χ0) is 14.5. The first-order chi connectivity index (χ1) is 9.54. The average Bonchev–Trinajstić information content (AvgIpc) is 2.80. The Balaban J connectivity index is 1.95. The van der Waals surface area contributed by atoms with Crippen LogP contribution in [0.5, 0.6) is 0 Å². The van der Waals surface area contributed by atoms with Crippen molar-refractivity contribution in [3.63, 3.8) is 0 Å². The number of nitrogens with zero attached hydrogens (tertiary/aromatic N) is 2. The highest BCUT2D eigenvalue weighted by Gasteiger charge is 2.06. The zero-order valence-electron chi connectivity index (χ0n) is 11.7. The number of aromatic nitrogens is 2. The Morgan fingerprint density at radius 1 is 1.30 bits per heavy atom. The maximum atomic E-state index is 13.5. The van der Waals surface area contributed by atoms with E-state index in [1.54, 1.807) is 10.9 Å². The third-order valence-electron chi connectivity index (χ3n) is 2.91. The predicted molar refractivity (Wildman–Crippen MR) is 74.2 cm³/mol. The molecule has 5 heteroatoms. The summed E-state index contributed by atoms with van der Waals surface area (Å²) in [4.78, 5) is 4.26. The highest BCUT2D eigenvalue weighted by Crippen LogP contribution is 2.11. The summed E-state index contributed by atoms with van der Waals surface area (Å²) in [5, 5.41) is 3.30. The van der Waals surface area contributed by atoms with Gasteiger partial charge in [-0.25, -0.2) is 13.8 Å². The summed E-state index contributed by atoms with van der Waals surface area (Å²) in [5.41, 5.74) is 1.36. The van der Waals surface area contributed by atoms with Crippen LogP contribution in [0.4, 0.5) is 8.78 Å². The Labute approximate surface area is 117 Å². The van der Waals surface area contributed by atoms with E-state index >= 15 is 0 Å². The van der Waals surface area contributed by atoms with Crippen LogP contribution in [0.1, 0.15) is 25.1 Å². The molecule has 0 aliphatic carbocycles. The average molecular weight is 279 g/mol. The molecule has 0 unspecified atom stereocenters. The van der Waals surface area contributed by atoms with E-state index in [-0.39, 0.29) is 0 Å². The lowest BCUT2D eigenvalue weighted by molar-refractivity contribution is 0.548. The SMILES string of the molecule is CC(C)CNCc1cn(Cc2ccc(F)cc2F)cn1. The molecule has 2 rings (SSSR count). The normalized spacial score (nSPS) is 11.2. The Bertz CT molecular complexity index is 564. The van der Waals surface area contributed by atoms with Gasteiger partial charge < -0.3 is 9.88 Å². The molecule has 0 radical (unpaired) electrons. The van der Waals surface area contributed by atoms with Crippen molar-refractivity contribution in [2.75, 3.05) is 6.54 Å². The molecule has 0 aliphatic rings. The third kappa shape index (κ3) is 4.13. The van der Waals surface area contributed by atoms with Crippen LogP contribution < -0.4 is 5.32 Å². The van der Waals surface area contributed by atoms with Gasteiger partial charge in [-0.2, -0.15) is 0 Å². The Morgan fingerprint density at radius 2 is 2.10 bits per heavy atom. The van der Waals surface area contributed by atoms with Gasteiger partial charge in [0.15, 0.2) is 0 Å². The van der Waals surface area contributed by atoms with Crippen LogP contribution >= 0.6 is 0 Å². The minimum absolute atomic E-state index is 0.350. The van der Waals surface area contributed by atoms with Crippen molar-refractivity contribution in [2.45, 2.75) is 26.9 Å². The van der Waals surface area contributed by atoms with Gasteiger partial charge >= 0.3 is 0 Å². The molecular weight excluding hydrogens is 260 g/mol. The molecule has 20 heavy (non-hydrogen) atoms.